The summed E-state index contributed by atoms with van der Waals surface area (Å²) in [6, 6.07) is 5.14. The molecule has 25 heavy (non-hydrogen) atoms. The van der Waals surface area contributed by atoms with E-state index >= 15 is 0 Å². The van der Waals surface area contributed by atoms with E-state index in [0.717, 1.165) is 11.8 Å². The quantitative estimate of drug-likeness (QED) is 0.803. The van der Waals surface area contributed by atoms with E-state index in [4.69, 9.17) is 9.90 Å². The number of hydrogen-bond donors (Lipinski definition) is 2. The van der Waals surface area contributed by atoms with Crippen LogP contribution in [0.1, 0.15) is 15.9 Å². The molecular formula is C17H18FN3O4. The standard InChI is InChI=1S/C16H16FN3O2.CH2O2/c17-14-8-19-6-3-13(14)16(22)20-9-12(15(21)10-20)7-11-1-4-18-5-2-11;2-1-3/h1-6,8,12,15,21H,7,9-10H2;1H,(H,2,3)/t12-,15-;/m1./s1. The highest BCUT2D eigenvalue weighted by Crippen LogP contribution is 2.23. The molecule has 0 unspecified atom stereocenters. The van der Waals surface area contributed by atoms with Gasteiger partial charge >= 0.3 is 0 Å². The van der Waals surface area contributed by atoms with Gasteiger partial charge in [0.15, 0.2) is 5.82 Å². The average molecular weight is 347 g/mol. The van der Waals surface area contributed by atoms with E-state index < -0.39 is 17.8 Å². The molecule has 1 saturated heterocycles. The molecule has 3 rings (SSSR count). The van der Waals surface area contributed by atoms with E-state index in [1.54, 1.807) is 12.4 Å². The highest BCUT2D eigenvalue weighted by atomic mass is 19.1. The minimum absolute atomic E-state index is 0.00763. The number of carbonyl (C=O) groups is 2. The minimum Gasteiger partial charge on any atom is -0.483 e. The van der Waals surface area contributed by atoms with Crippen LogP contribution in [0.4, 0.5) is 4.39 Å². The Bertz CT molecular complexity index is 714. The number of halogens is 1. The second kappa shape index (κ2) is 8.84. The van der Waals surface area contributed by atoms with Crippen LogP contribution in [0.3, 0.4) is 0 Å². The molecule has 2 aromatic heterocycles. The van der Waals surface area contributed by atoms with Gasteiger partial charge in [-0.15, -0.1) is 0 Å². The average Bonchev–Trinajstić information content (AvgIpc) is 2.97. The lowest BCUT2D eigenvalue weighted by molar-refractivity contribution is -0.122. The summed E-state index contributed by atoms with van der Waals surface area (Å²) in [5, 5.41) is 17.1. The summed E-state index contributed by atoms with van der Waals surface area (Å²) in [7, 11) is 0. The number of β-amino-alcohol motifs (C(OH)–C–C–N with tert-alkyl or cyclic N) is 1. The highest BCUT2D eigenvalue weighted by molar-refractivity contribution is 5.94. The van der Waals surface area contributed by atoms with Gasteiger partial charge in [0.05, 0.1) is 17.9 Å². The molecule has 2 aromatic rings. The largest absolute Gasteiger partial charge is 0.483 e. The van der Waals surface area contributed by atoms with Crippen molar-refractivity contribution in [2.24, 2.45) is 5.92 Å². The summed E-state index contributed by atoms with van der Waals surface area (Å²) in [5.74, 6) is -1.10. The molecule has 2 atom stereocenters. The van der Waals surface area contributed by atoms with Crippen LogP contribution in [0.5, 0.6) is 0 Å². The third kappa shape index (κ3) is 4.80. The molecule has 0 saturated carbocycles. The summed E-state index contributed by atoms with van der Waals surface area (Å²) in [5.41, 5.74) is 1.05. The van der Waals surface area contributed by atoms with Crippen LogP contribution in [-0.4, -0.2) is 56.7 Å². The number of aromatic nitrogens is 2. The molecule has 1 aliphatic heterocycles. The minimum atomic E-state index is -0.639. The van der Waals surface area contributed by atoms with Crippen LogP contribution in [0.2, 0.25) is 0 Å². The third-order valence-corrected chi connectivity index (χ3v) is 3.94. The molecule has 0 bridgehead atoms. The van der Waals surface area contributed by atoms with Gasteiger partial charge in [-0.25, -0.2) is 4.39 Å². The molecule has 1 fully saturated rings. The monoisotopic (exact) mass is 347 g/mol. The summed E-state index contributed by atoms with van der Waals surface area (Å²) < 4.78 is 13.7. The first-order chi connectivity index (χ1) is 12.1. The Balaban J connectivity index is 0.000000701. The maximum absolute atomic E-state index is 13.7. The van der Waals surface area contributed by atoms with Crippen LogP contribution >= 0.6 is 0 Å². The van der Waals surface area contributed by atoms with Crippen molar-refractivity contribution in [3.63, 3.8) is 0 Å². The van der Waals surface area contributed by atoms with E-state index in [1.165, 1.54) is 17.2 Å². The number of rotatable bonds is 3. The van der Waals surface area contributed by atoms with Gasteiger partial charge in [-0.05, 0) is 30.2 Å². The van der Waals surface area contributed by atoms with Gasteiger partial charge < -0.3 is 15.1 Å². The Kier molecular flexibility index (Phi) is 6.53. The number of amides is 1. The zero-order chi connectivity index (χ0) is 18.2. The predicted molar refractivity (Wildman–Crippen MR) is 86.2 cm³/mol. The Morgan fingerprint density at radius 3 is 2.52 bits per heavy atom. The summed E-state index contributed by atoms with van der Waals surface area (Å²) >= 11 is 0. The van der Waals surface area contributed by atoms with Crippen molar-refractivity contribution in [3.05, 3.63) is 59.9 Å². The van der Waals surface area contributed by atoms with Crippen LogP contribution in [0.15, 0.2) is 43.0 Å². The zero-order valence-corrected chi connectivity index (χ0v) is 13.3. The van der Waals surface area contributed by atoms with Crippen LogP contribution in [0.25, 0.3) is 0 Å². The fourth-order valence-corrected chi connectivity index (χ4v) is 2.76. The van der Waals surface area contributed by atoms with Gasteiger partial charge in [-0.3, -0.25) is 19.6 Å². The normalized spacial score (nSPS) is 19.0. The van der Waals surface area contributed by atoms with Gasteiger partial charge in [-0.2, -0.15) is 0 Å². The van der Waals surface area contributed by atoms with Crippen molar-refractivity contribution >= 4 is 12.4 Å². The topological polar surface area (TPSA) is 104 Å². The number of carboxylic acid groups (broad SMARTS) is 1. The molecule has 1 amide bonds. The molecular weight excluding hydrogens is 329 g/mol. The fraction of sp³-hybridized carbons (Fsp3) is 0.294. The van der Waals surface area contributed by atoms with Crippen molar-refractivity contribution in [1.29, 1.82) is 0 Å². The van der Waals surface area contributed by atoms with Gasteiger partial charge in [-0.1, -0.05) is 0 Å². The Hall–Kier alpha value is -2.87. The number of carbonyl (C=O) groups excluding carboxylic acids is 1. The van der Waals surface area contributed by atoms with Crippen LogP contribution in [-0.2, 0) is 11.2 Å². The van der Waals surface area contributed by atoms with Crippen molar-refractivity contribution in [3.8, 4) is 0 Å². The Labute approximate surface area is 143 Å². The predicted octanol–water partition coefficient (Wildman–Crippen LogP) is 0.992. The SMILES string of the molecule is O=C(c1ccncc1F)N1C[C@@H](Cc2ccncc2)[C@H](O)C1.O=CO. The molecule has 0 aromatic carbocycles. The maximum Gasteiger partial charge on any atom is 0.290 e. The summed E-state index contributed by atoms with van der Waals surface area (Å²) in [6.07, 6.45) is 5.86. The lowest BCUT2D eigenvalue weighted by Gasteiger charge is -2.16. The first-order valence-corrected chi connectivity index (χ1v) is 7.60. The lowest BCUT2D eigenvalue weighted by atomic mass is 9.97. The van der Waals surface area contributed by atoms with E-state index in [0.29, 0.717) is 13.0 Å². The van der Waals surface area contributed by atoms with Gasteiger partial charge in [0.1, 0.15) is 0 Å². The fourth-order valence-electron chi connectivity index (χ4n) is 2.76. The number of pyridine rings is 2. The molecule has 0 radical (unpaired) electrons. The smallest absolute Gasteiger partial charge is 0.290 e. The van der Waals surface area contributed by atoms with E-state index in [9.17, 15) is 14.3 Å². The van der Waals surface area contributed by atoms with Crippen molar-refractivity contribution in [1.82, 2.24) is 14.9 Å². The second-order valence-corrected chi connectivity index (χ2v) is 5.56. The second-order valence-electron chi connectivity index (χ2n) is 5.56. The number of hydrogen-bond acceptors (Lipinski definition) is 5. The summed E-state index contributed by atoms with van der Waals surface area (Å²) in [4.78, 5) is 29.8. The van der Waals surface area contributed by atoms with Crippen LogP contribution in [0, 0.1) is 11.7 Å². The highest BCUT2D eigenvalue weighted by Gasteiger charge is 2.35. The Morgan fingerprint density at radius 2 is 1.88 bits per heavy atom. The van der Waals surface area contributed by atoms with E-state index in [-0.39, 0.29) is 24.5 Å². The molecule has 2 N–H and O–H groups in total. The third-order valence-electron chi connectivity index (χ3n) is 3.94. The van der Waals surface area contributed by atoms with Gasteiger partial charge in [0, 0.05) is 37.6 Å². The van der Waals surface area contributed by atoms with E-state index in [2.05, 4.69) is 9.97 Å². The van der Waals surface area contributed by atoms with Gasteiger partial charge in [0.25, 0.3) is 12.4 Å². The zero-order valence-electron chi connectivity index (χ0n) is 13.3. The molecule has 8 heteroatoms. The molecule has 0 aliphatic carbocycles. The first kappa shape index (κ1) is 18.5. The van der Waals surface area contributed by atoms with Gasteiger partial charge in [0.2, 0.25) is 0 Å². The summed E-state index contributed by atoms with van der Waals surface area (Å²) in [6.45, 7) is 0.375. The molecule has 3 heterocycles. The number of aliphatic hydroxyl groups excluding tert-OH is 1. The number of nitrogens with zero attached hydrogens (tertiary/aromatic N) is 3. The molecule has 0 spiro atoms. The van der Waals surface area contributed by atoms with E-state index in [1.807, 2.05) is 12.1 Å². The number of aliphatic hydroxyl groups is 1. The van der Waals surface area contributed by atoms with Crippen molar-refractivity contribution in [2.45, 2.75) is 12.5 Å². The first-order valence-electron chi connectivity index (χ1n) is 7.60. The number of likely N-dealkylation sites (tertiary alicyclic amines) is 1. The maximum atomic E-state index is 13.7. The van der Waals surface area contributed by atoms with Crippen LogP contribution < -0.4 is 0 Å². The van der Waals surface area contributed by atoms with Crippen molar-refractivity contribution < 1.29 is 24.2 Å². The molecule has 7 nitrogen and oxygen atoms in total. The molecule has 132 valence electrons. The lowest BCUT2D eigenvalue weighted by Crippen LogP contribution is -2.30. The Morgan fingerprint density at radius 1 is 1.24 bits per heavy atom. The molecule has 1 aliphatic rings. The van der Waals surface area contributed by atoms with Crippen molar-refractivity contribution in [2.75, 3.05) is 13.1 Å².